The van der Waals surface area contributed by atoms with Gasteiger partial charge in [0, 0.05) is 31.7 Å². The van der Waals surface area contributed by atoms with Gasteiger partial charge in [-0.15, -0.1) is 0 Å². The lowest BCUT2D eigenvalue weighted by Gasteiger charge is -2.36. The molecule has 0 spiro atoms. The third kappa shape index (κ3) is 6.70. The van der Waals surface area contributed by atoms with Crippen molar-refractivity contribution in [2.24, 2.45) is 0 Å². The molecule has 1 atom stereocenters. The summed E-state index contributed by atoms with van der Waals surface area (Å²) in [7, 11) is 0. The summed E-state index contributed by atoms with van der Waals surface area (Å²) in [4.78, 5) is 41.5. The first-order chi connectivity index (χ1) is 15.0. The predicted molar refractivity (Wildman–Crippen MR) is 115 cm³/mol. The minimum absolute atomic E-state index is 0.154. The van der Waals surface area contributed by atoms with Gasteiger partial charge in [0.1, 0.15) is 5.82 Å². The number of carboxylic acid groups (broad SMARTS) is 1. The summed E-state index contributed by atoms with van der Waals surface area (Å²) in [6, 6.07) is 12.3. The standard InChI is InChI=1S/C22H27N5O4/c28-20(10-4-6-12-24-19-9-3-5-11-23-19)25-26-22(31)27-15-17-8-2-1-7-16(17)13-18(27)14-21(29)30/h1-3,5,7-9,11,18H,4,6,10,12-15H2,(H,23,24)(H,25,28)(H,26,31)(H,29,30). The van der Waals surface area contributed by atoms with Gasteiger partial charge in [0.05, 0.1) is 6.42 Å². The van der Waals surface area contributed by atoms with E-state index in [1.807, 2.05) is 42.5 Å². The number of urea groups is 1. The average molecular weight is 425 g/mol. The normalized spacial score (nSPS) is 15.0. The van der Waals surface area contributed by atoms with E-state index in [4.69, 9.17) is 0 Å². The number of anilines is 1. The molecular formula is C22H27N5O4. The van der Waals surface area contributed by atoms with Crippen LogP contribution in [0.1, 0.15) is 36.8 Å². The SMILES string of the molecule is O=C(O)CC1Cc2ccccc2CN1C(=O)NNC(=O)CCCCNc1ccccn1. The van der Waals surface area contributed by atoms with Crippen LogP contribution < -0.4 is 16.2 Å². The van der Waals surface area contributed by atoms with Gasteiger partial charge >= 0.3 is 12.0 Å². The van der Waals surface area contributed by atoms with Crippen molar-refractivity contribution < 1.29 is 19.5 Å². The summed E-state index contributed by atoms with van der Waals surface area (Å²) < 4.78 is 0. The maximum Gasteiger partial charge on any atom is 0.336 e. The molecule has 164 valence electrons. The number of carbonyl (C=O) groups is 3. The number of aliphatic carboxylic acids is 1. The van der Waals surface area contributed by atoms with Gasteiger partial charge in [-0.25, -0.2) is 15.2 Å². The van der Waals surface area contributed by atoms with Crippen molar-refractivity contribution in [1.82, 2.24) is 20.7 Å². The van der Waals surface area contributed by atoms with E-state index in [0.717, 1.165) is 23.4 Å². The summed E-state index contributed by atoms with van der Waals surface area (Å²) in [6.07, 6.45) is 3.72. The highest BCUT2D eigenvalue weighted by Gasteiger charge is 2.31. The minimum atomic E-state index is -0.967. The van der Waals surface area contributed by atoms with E-state index in [9.17, 15) is 19.5 Å². The molecule has 1 aliphatic heterocycles. The van der Waals surface area contributed by atoms with Crippen molar-refractivity contribution in [3.8, 4) is 0 Å². The highest BCUT2D eigenvalue weighted by molar-refractivity contribution is 5.81. The first-order valence-corrected chi connectivity index (χ1v) is 10.3. The Morgan fingerprint density at radius 3 is 2.55 bits per heavy atom. The fraction of sp³-hybridized carbons (Fsp3) is 0.364. The molecule has 2 heterocycles. The van der Waals surface area contributed by atoms with Crippen molar-refractivity contribution in [3.05, 3.63) is 59.8 Å². The zero-order valence-corrected chi connectivity index (χ0v) is 17.2. The van der Waals surface area contributed by atoms with Crippen LogP contribution in [0.15, 0.2) is 48.7 Å². The number of hydrazine groups is 1. The van der Waals surface area contributed by atoms with Gasteiger partial charge in [0.2, 0.25) is 5.91 Å². The minimum Gasteiger partial charge on any atom is -0.481 e. The van der Waals surface area contributed by atoms with Crippen LogP contribution in [0, 0.1) is 0 Å². The molecule has 9 heteroatoms. The maximum atomic E-state index is 12.6. The Balaban J connectivity index is 1.42. The van der Waals surface area contributed by atoms with Gasteiger partial charge in [-0.05, 0) is 42.5 Å². The summed E-state index contributed by atoms with van der Waals surface area (Å²) in [5.41, 5.74) is 6.87. The van der Waals surface area contributed by atoms with Crippen molar-refractivity contribution in [2.45, 2.75) is 44.7 Å². The molecule has 9 nitrogen and oxygen atoms in total. The number of pyridine rings is 1. The highest BCUT2D eigenvalue weighted by atomic mass is 16.4. The zero-order valence-electron chi connectivity index (χ0n) is 17.2. The summed E-state index contributed by atoms with van der Waals surface area (Å²) in [5, 5.41) is 12.4. The van der Waals surface area contributed by atoms with Gasteiger partial charge in [0.25, 0.3) is 0 Å². The number of unbranched alkanes of at least 4 members (excludes halogenated alkanes) is 1. The molecule has 0 radical (unpaired) electrons. The molecule has 3 amide bonds. The average Bonchev–Trinajstić information content (AvgIpc) is 2.77. The Kier molecular flexibility index (Phi) is 7.80. The molecule has 31 heavy (non-hydrogen) atoms. The van der Waals surface area contributed by atoms with Crippen LogP contribution in [0.3, 0.4) is 0 Å². The fourth-order valence-corrected chi connectivity index (χ4v) is 3.56. The topological polar surface area (TPSA) is 124 Å². The first kappa shape index (κ1) is 22.1. The molecule has 0 saturated heterocycles. The van der Waals surface area contributed by atoms with Gasteiger partial charge in [-0.3, -0.25) is 15.0 Å². The second-order valence-corrected chi connectivity index (χ2v) is 7.43. The Labute approximate surface area is 180 Å². The molecule has 1 aromatic heterocycles. The van der Waals surface area contributed by atoms with Gasteiger partial charge in [0.15, 0.2) is 0 Å². The van der Waals surface area contributed by atoms with Gasteiger partial charge in [-0.2, -0.15) is 0 Å². The molecule has 0 bridgehead atoms. The summed E-state index contributed by atoms with van der Waals surface area (Å²) >= 11 is 0. The lowest BCUT2D eigenvalue weighted by molar-refractivity contribution is -0.138. The van der Waals surface area contributed by atoms with Gasteiger partial charge in [-0.1, -0.05) is 30.3 Å². The van der Waals surface area contributed by atoms with Crippen LogP contribution in [0.5, 0.6) is 0 Å². The van der Waals surface area contributed by atoms with Crippen molar-refractivity contribution in [1.29, 1.82) is 0 Å². The van der Waals surface area contributed by atoms with Crippen LogP contribution in [0.25, 0.3) is 0 Å². The van der Waals surface area contributed by atoms with Crippen LogP contribution in [-0.2, 0) is 22.6 Å². The van der Waals surface area contributed by atoms with E-state index < -0.39 is 18.0 Å². The number of nitrogens with one attached hydrogen (secondary N) is 3. The molecule has 0 fully saturated rings. The van der Waals surface area contributed by atoms with Crippen molar-refractivity contribution >= 4 is 23.7 Å². The second kappa shape index (κ2) is 11.0. The fourth-order valence-electron chi connectivity index (χ4n) is 3.56. The Hall–Kier alpha value is -3.62. The number of benzene rings is 1. The number of fused-ring (bicyclic) bond motifs is 1. The Morgan fingerprint density at radius 2 is 1.81 bits per heavy atom. The molecule has 1 aliphatic rings. The van der Waals surface area contributed by atoms with Crippen LogP contribution in [0.2, 0.25) is 0 Å². The largest absolute Gasteiger partial charge is 0.481 e. The monoisotopic (exact) mass is 425 g/mol. The van der Waals surface area contributed by atoms with Crippen LogP contribution in [-0.4, -0.2) is 45.5 Å². The third-order valence-electron chi connectivity index (χ3n) is 5.14. The smallest absolute Gasteiger partial charge is 0.336 e. The number of aromatic nitrogens is 1. The Morgan fingerprint density at radius 1 is 1.03 bits per heavy atom. The molecule has 1 unspecified atom stereocenters. The number of rotatable bonds is 8. The number of carbonyl (C=O) groups excluding carboxylic acids is 2. The van der Waals surface area contributed by atoms with Gasteiger partial charge < -0.3 is 15.3 Å². The predicted octanol–water partition coefficient (Wildman–Crippen LogP) is 2.31. The molecular weight excluding hydrogens is 398 g/mol. The van der Waals surface area contributed by atoms with E-state index in [2.05, 4.69) is 21.2 Å². The Bertz CT molecular complexity index is 906. The number of amides is 3. The van der Waals surface area contributed by atoms with Crippen molar-refractivity contribution in [2.75, 3.05) is 11.9 Å². The van der Waals surface area contributed by atoms with Crippen LogP contribution >= 0.6 is 0 Å². The lowest BCUT2D eigenvalue weighted by Crippen LogP contribution is -2.54. The summed E-state index contributed by atoms with van der Waals surface area (Å²) in [6.45, 7) is 0.996. The van der Waals surface area contributed by atoms with E-state index >= 15 is 0 Å². The van der Waals surface area contributed by atoms with Crippen LogP contribution in [0.4, 0.5) is 10.6 Å². The van der Waals surface area contributed by atoms with E-state index in [1.165, 1.54) is 4.90 Å². The highest BCUT2D eigenvalue weighted by Crippen LogP contribution is 2.25. The van der Waals surface area contributed by atoms with Crippen molar-refractivity contribution in [3.63, 3.8) is 0 Å². The number of nitrogens with zero attached hydrogens (tertiary/aromatic N) is 2. The van der Waals surface area contributed by atoms with E-state index in [-0.39, 0.29) is 18.7 Å². The molecule has 4 N–H and O–H groups in total. The molecule has 0 saturated carbocycles. The maximum absolute atomic E-state index is 12.6. The second-order valence-electron chi connectivity index (χ2n) is 7.43. The number of hydrogen-bond acceptors (Lipinski definition) is 5. The molecule has 3 rings (SSSR count). The number of carboxylic acids is 1. The number of hydrogen-bond donors (Lipinski definition) is 4. The first-order valence-electron chi connectivity index (χ1n) is 10.3. The van der Waals surface area contributed by atoms with E-state index in [0.29, 0.717) is 25.9 Å². The van der Waals surface area contributed by atoms with E-state index in [1.54, 1.807) is 6.20 Å². The molecule has 0 aliphatic carbocycles. The quantitative estimate of drug-likeness (QED) is 0.380. The summed E-state index contributed by atoms with van der Waals surface area (Å²) in [5.74, 6) is -0.470. The molecule has 2 aromatic rings. The zero-order chi connectivity index (χ0) is 22.1. The lowest BCUT2D eigenvalue weighted by atomic mass is 9.92. The molecule has 1 aromatic carbocycles. The third-order valence-corrected chi connectivity index (χ3v) is 5.14.